The Morgan fingerprint density at radius 3 is 2.81 bits per heavy atom. The predicted molar refractivity (Wildman–Crippen MR) is 64.9 cm³/mol. The van der Waals surface area contributed by atoms with Gasteiger partial charge >= 0.3 is 0 Å². The molecule has 1 aromatic carbocycles. The minimum absolute atomic E-state index is 0. The monoisotopic (exact) mass is 264 g/mol. The van der Waals surface area contributed by atoms with Crippen LogP contribution in [0.5, 0.6) is 5.75 Å². The Bertz CT molecular complexity index is 391. The van der Waals surface area contributed by atoms with Crippen LogP contribution >= 0.6 is 24.2 Å². The molecule has 0 saturated heterocycles. The number of phenolic OH excluding ortho intramolecular Hbond substituents is 1. The second kappa shape index (κ2) is 5.11. The molecule has 90 valence electrons. The first-order valence-corrected chi connectivity index (χ1v) is 5.36. The molecule has 0 aromatic heterocycles. The second-order valence-electron chi connectivity index (χ2n) is 3.24. The number of nitrogens with two attached hydrogens (primary N) is 1. The van der Waals surface area contributed by atoms with Gasteiger partial charge in [-0.2, -0.15) is 0 Å². The van der Waals surface area contributed by atoms with Gasteiger partial charge in [0.15, 0.2) is 5.56 Å². The molecule has 2 atom stereocenters. The highest BCUT2D eigenvalue weighted by atomic mass is 35.5. The number of nitrogens with one attached hydrogen (secondary N) is 1. The summed E-state index contributed by atoms with van der Waals surface area (Å²) in [6.07, 6.45) is -0.779. The SMILES string of the molecule is Cl.NCC(O)c1ccc(O)c2c1S[C@@H](O)N2. The van der Waals surface area contributed by atoms with Crippen LogP contribution in [0.1, 0.15) is 11.7 Å². The summed E-state index contributed by atoms with van der Waals surface area (Å²) in [6.45, 7) is 0.105. The van der Waals surface area contributed by atoms with Crippen molar-refractivity contribution in [1.82, 2.24) is 0 Å². The molecule has 1 heterocycles. The number of thioether (sulfide) groups is 1. The van der Waals surface area contributed by atoms with Gasteiger partial charge in [0.2, 0.25) is 0 Å². The van der Waals surface area contributed by atoms with Gasteiger partial charge < -0.3 is 26.4 Å². The third-order valence-electron chi connectivity index (χ3n) is 2.25. The molecule has 0 aliphatic carbocycles. The molecule has 0 saturated carbocycles. The standard InChI is InChI=1S/C9H12N2O3S.ClH/c10-3-6(13)4-1-2-5(12)7-8(4)15-9(14)11-7;/h1-2,6,9,11-14H,3,10H2;1H/t6?,9-;/m1./s1. The van der Waals surface area contributed by atoms with Crippen LogP contribution in [0.2, 0.25) is 0 Å². The topological polar surface area (TPSA) is 98.7 Å². The van der Waals surface area contributed by atoms with Gasteiger partial charge in [-0.3, -0.25) is 0 Å². The fraction of sp³-hybridized carbons (Fsp3) is 0.333. The van der Waals surface area contributed by atoms with Gasteiger partial charge in [0.05, 0.1) is 11.8 Å². The molecular formula is C9H13ClN2O3S. The molecule has 6 N–H and O–H groups in total. The molecule has 16 heavy (non-hydrogen) atoms. The number of benzene rings is 1. The molecule has 0 amide bonds. The summed E-state index contributed by atoms with van der Waals surface area (Å²) >= 11 is 1.14. The number of aliphatic hydroxyl groups is 2. The van der Waals surface area contributed by atoms with E-state index in [0.717, 1.165) is 11.8 Å². The lowest BCUT2D eigenvalue weighted by atomic mass is 10.1. The van der Waals surface area contributed by atoms with Crippen molar-refractivity contribution in [3.05, 3.63) is 17.7 Å². The highest BCUT2D eigenvalue weighted by molar-refractivity contribution is 8.00. The third-order valence-corrected chi connectivity index (χ3v) is 3.26. The van der Waals surface area contributed by atoms with Crippen molar-refractivity contribution in [2.24, 2.45) is 5.73 Å². The van der Waals surface area contributed by atoms with Gasteiger partial charge in [0.1, 0.15) is 5.75 Å². The van der Waals surface area contributed by atoms with Crippen LogP contribution in [-0.4, -0.2) is 27.4 Å². The average molecular weight is 265 g/mol. The number of phenols is 1. The minimum atomic E-state index is -0.794. The summed E-state index contributed by atoms with van der Waals surface area (Å²) < 4.78 is 0. The first kappa shape index (κ1) is 13.4. The third kappa shape index (κ3) is 2.21. The Labute approximate surface area is 103 Å². The Morgan fingerprint density at radius 1 is 1.50 bits per heavy atom. The van der Waals surface area contributed by atoms with Gasteiger partial charge in [0.25, 0.3) is 0 Å². The Hall–Kier alpha value is -0.660. The molecule has 1 unspecified atom stereocenters. The number of hydrogen-bond acceptors (Lipinski definition) is 6. The number of aliphatic hydroxyl groups excluding tert-OH is 2. The average Bonchev–Trinajstić information content (AvgIpc) is 2.60. The summed E-state index contributed by atoms with van der Waals surface area (Å²) in [7, 11) is 0. The molecule has 0 spiro atoms. The molecule has 1 aliphatic heterocycles. The van der Waals surface area contributed by atoms with Gasteiger partial charge in [-0.05, 0) is 11.6 Å². The van der Waals surface area contributed by atoms with Crippen LogP contribution in [0.15, 0.2) is 17.0 Å². The molecule has 2 rings (SSSR count). The summed E-state index contributed by atoms with van der Waals surface area (Å²) in [5, 5.41) is 31.3. The molecule has 0 fully saturated rings. The van der Waals surface area contributed by atoms with E-state index in [1.807, 2.05) is 0 Å². The van der Waals surface area contributed by atoms with E-state index < -0.39 is 11.7 Å². The van der Waals surface area contributed by atoms with Crippen molar-refractivity contribution >= 4 is 29.9 Å². The number of hydrogen-bond donors (Lipinski definition) is 5. The van der Waals surface area contributed by atoms with E-state index in [0.29, 0.717) is 16.1 Å². The fourth-order valence-electron chi connectivity index (χ4n) is 1.51. The number of anilines is 1. The lowest BCUT2D eigenvalue weighted by Gasteiger charge is -2.12. The maximum absolute atomic E-state index is 9.64. The van der Waals surface area contributed by atoms with Gasteiger partial charge in [-0.1, -0.05) is 17.8 Å². The maximum atomic E-state index is 9.64. The number of aromatic hydroxyl groups is 1. The van der Waals surface area contributed by atoms with Crippen LogP contribution in [0, 0.1) is 0 Å². The molecule has 0 radical (unpaired) electrons. The van der Waals surface area contributed by atoms with Crippen molar-refractivity contribution in [2.45, 2.75) is 16.6 Å². The first-order valence-electron chi connectivity index (χ1n) is 4.48. The quantitative estimate of drug-likeness (QED) is 0.502. The normalized spacial score (nSPS) is 19.6. The first-order chi connectivity index (χ1) is 7.13. The minimum Gasteiger partial charge on any atom is -0.506 e. The maximum Gasteiger partial charge on any atom is 0.178 e. The zero-order chi connectivity index (χ0) is 11.0. The number of halogens is 1. The number of rotatable bonds is 2. The van der Waals surface area contributed by atoms with E-state index in [2.05, 4.69) is 5.32 Å². The van der Waals surface area contributed by atoms with Crippen molar-refractivity contribution in [1.29, 1.82) is 0 Å². The van der Waals surface area contributed by atoms with Gasteiger partial charge in [0, 0.05) is 11.4 Å². The predicted octanol–water partition coefficient (Wildman–Crippen LogP) is 0.600. The van der Waals surface area contributed by atoms with Crippen molar-refractivity contribution in [3.63, 3.8) is 0 Å². The summed E-state index contributed by atoms with van der Waals surface area (Å²) in [5.74, 6) is 0.0574. The van der Waals surface area contributed by atoms with E-state index in [9.17, 15) is 15.3 Å². The molecule has 1 aromatic rings. The lowest BCUT2D eigenvalue weighted by molar-refractivity contribution is 0.184. The largest absolute Gasteiger partial charge is 0.506 e. The van der Waals surface area contributed by atoms with Crippen LogP contribution in [-0.2, 0) is 0 Å². The smallest absolute Gasteiger partial charge is 0.178 e. The lowest BCUT2D eigenvalue weighted by Crippen LogP contribution is -2.12. The zero-order valence-corrected chi connectivity index (χ0v) is 9.88. The summed E-state index contributed by atoms with van der Waals surface area (Å²) in [4.78, 5) is 0.653. The highest BCUT2D eigenvalue weighted by Crippen LogP contribution is 2.46. The summed E-state index contributed by atoms with van der Waals surface area (Å²) in [5.41, 5.74) is 5.65. The fourth-order valence-corrected chi connectivity index (χ4v) is 2.53. The van der Waals surface area contributed by atoms with Gasteiger partial charge in [-0.25, -0.2) is 0 Å². The van der Waals surface area contributed by atoms with Crippen LogP contribution in [0.3, 0.4) is 0 Å². The van der Waals surface area contributed by atoms with Crippen LogP contribution in [0.4, 0.5) is 5.69 Å². The molecule has 5 nitrogen and oxygen atoms in total. The van der Waals surface area contributed by atoms with E-state index in [4.69, 9.17) is 5.73 Å². The van der Waals surface area contributed by atoms with Crippen molar-refractivity contribution < 1.29 is 15.3 Å². The molecule has 0 bridgehead atoms. The van der Waals surface area contributed by atoms with E-state index >= 15 is 0 Å². The molecule has 1 aliphatic rings. The van der Waals surface area contributed by atoms with Crippen LogP contribution in [0.25, 0.3) is 0 Å². The van der Waals surface area contributed by atoms with E-state index in [1.54, 1.807) is 6.07 Å². The zero-order valence-electron chi connectivity index (χ0n) is 8.25. The van der Waals surface area contributed by atoms with E-state index in [1.165, 1.54) is 6.07 Å². The Balaban J connectivity index is 0.00000128. The highest BCUT2D eigenvalue weighted by Gasteiger charge is 2.27. The second-order valence-corrected chi connectivity index (χ2v) is 4.33. The molecular weight excluding hydrogens is 252 g/mol. The van der Waals surface area contributed by atoms with Gasteiger partial charge in [-0.15, -0.1) is 12.4 Å². The van der Waals surface area contributed by atoms with Crippen LogP contribution < -0.4 is 11.1 Å². The Kier molecular flexibility index (Phi) is 4.28. The molecule has 7 heteroatoms. The summed E-state index contributed by atoms with van der Waals surface area (Å²) in [6, 6.07) is 3.08. The van der Waals surface area contributed by atoms with Crippen molar-refractivity contribution in [3.8, 4) is 5.75 Å². The van der Waals surface area contributed by atoms with Crippen molar-refractivity contribution in [2.75, 3.05) is 11.9 Å². The van der Waals surface area contributed by atoms with E-state index in [-0.39, 0.29) is 24.7 Å². The Morgan fingerprint density at radius 2 is 2.19 bits per heavy atom. The number of fused-ring (bicyclic) bond motifs is 1.